The highest BCUT2D eigenvalue weighted by molar-refractivity contribution is 8.00. The van der Waals surface area contributed by atoms with E-state index in [0.29, 0.717) is 36.2 Å². The van der Waals surface area contributed by atoms with Crippen molar-refractivity contribution < 1.29 is 18.7 Å². The molecule has 28 heavy (non-hydrogen) atoms. The lowest BCUT2D eigenvalue weighted by Gasteiger charge is -2.43. The molecule has 0 N–H and O–H groups in total. The first-order chi connectivity index (χ1) is 13.6. The number of nitrogens with zero attached hydrogens (tertiary/aromatic N) is 2. The summed E-state index contributed by atoms with van der Waals surface area (Å²) < 4.78 is 10.9. The van der Waals surface area contributed by atoms with Crippen LogP contribution in [0, 0.1) is 0 Å². The molecule has 1 aromatic carbocycles. The molecule has 0 saturated carbocycles. The van der Waals surface area contributed by atoms with Crippen molar-refractivity contribution in [2.75, 3.05) is 32.0 Å². The van der Waals surface area contributed by atoms with E-state index in [2.05, 4.69) is 0 Å². The van der Waals surface area contributed by atoms with Crippen molar-refractivity contribution in [3.63, 3.8) is 0 Å². The summed E-state index contributed by atoms with van der Waals surface area (Å²) in [4.78, 5) is 28.8. The highest BCUT2D eigenvalue weighted by atomic mass is 35.5. The van der Waals surface area contributed by atoms with Gasteiger partial charge in [-0.3, -0.25) is 9.59 Å². The van der Waals surface area contributed by atoms with E-state index in [1.165, 1.54) is 6.26 Å². The highest BCUT2D eigenvalue weighted by Crippen LogP contribution is 2.44. The van der Waals surface area contributed by atoms with Gasteiger partial charge < -0.3 is 19.0 Å². The third kappa shape index (κ3) is 3.86. The fourth-order valence-electron chi connectivity index (χ4n) is 3.74. The maximum absolute atomic E-state index is 12.8. The number of ether oxygens (including phenoxy) is 1. The standard InChI is InChI=1S/C20H21ClN2O4S/c21-15-3-5-16(6-4-15)27-14-18(24)23-11-13-28-20(23)7-9-22(10-8-20)19(25)17-2-1-12-26-17/h1-6,12H,7-11,13-14H2. The zero-order chi connectivity index (χ0) is 19.6. The zero-order valence-electron chi connectivity index (χ0n) is 15.3. The van der Waals surface area contributed by atoms with Crippen LogP contribution in [0.4, 0.5) is 0 Å². The van der Waals surface area contributed by atoms with E-state index in [4.69, 9.17) is 20.8 Å². The summed E-state index contributed by atoms with van der Waals surface area (Å²) >= 11 is 7.68. The number of rotatable bonds is 4. The maximum Gasteiger partial charge on any atom is 0.289 e. The molecule has 0 atom stereocenters. The quantitative estimate of drug-likeness (QED) is 0.757. The van der Waals surface area contributed by atoms with Gasteiger partial charge in [-0.05, 0) is 49.2 Å². The Morgan fingerprint density at radius 3 is 2.57 bits per heavy atom. The number of amides is 2. The van der Waals surface area contributed by atoms with E-state index in [1.54, 1.807) is 41.3 Å². The van der Waals surface area contributed by atoms with Gasteiger partial charge in [0.25, 0.3) is 11.8 Å². The van der Waals surface area contributed by atoms with Crippen LogP contribution in [0.3, 0.4) is 0 Å². The van der Waals surface area contributed by atoms with Crippen LogP contribution in [0.5, 0.6) is 5.75 Å². The number of likely N-dealkylation sites (tertiary alicyclic amines) is 1. The minimum atomic E-state index is -0.250. The molecule has 2 aliphatic heterocycles. The summed E-state index contributed by atoms with van der Waals surface area (Å²) in [5.41, 5.74) is 0. The van der Waals surface area contributed by atoms with Crippen LogP contribution in [0.2, 0.25) is 5.02 Å². The molecule has 0 bridgehead atoms. The molecule has 6 nitrogen and oxygen atoms in total. The van der Waals surface area contributed by atoms with Gasteiger partial charge in [-0.15, -0.1) is 11.8 Å². The predicted octanol–water partition coefficient (Wildman–Crippen LogP) is 3.52. The predicted molar refractivity (Wildman–Crippen MR) is 108 cm³/mol. The maximum atomic E-state index is 12.8. The SMILES string of the molecule is O=C(c1ccco1)N1CCC2(CC1)SCCN2C(=O)COc1ccc(Cl)cc1. The third-order valence-electron chi connectivity index (χ3n) is 5.22. The Balaban J connectivity index is 1.36. The first kappa shape index (κ1) is 19.2. The molecule has 2 amide bonds. The topological polar surface area (TPSA) is 63.0 Å². The number of carbonyl (C=O) groups is 2. The molecular formula is C20H21ClN2O4S. The van der Waals surface area contributed by atoms with Gasteiger partial charge in [-0.2, -0.15) is 0 Å². The lowest BCUT2D eigenvalue weighted by atomic mass is 10.0. The Morgan fingerprint density at radius 1 is 1.14 bits per heavy atom. The molecule has 2 aromatic rings. The minimum Gasteiger partial charge on any atom is -0.484 e. The molecule has 1 spiro atoms. The number of carbonyl (C=O) groups excluding carboxylic acids is 2. The second-order valence-corrected chi connectivity index (χ2v) is 8.75. The summed E-state index contributed by atoms with van der Waals surface area (Å²) in [5, 5.41) is 0.629. The molecule has 0 aliphatic carbocycles. The van der Waals surface area contributed by atoms with Crippen LogP contribution < -0.4 is 4.74 Å². The highest BCUT2D eigenvalue weighted by Gasteiger charge is 2.47. The second-order valence-electron chi connectivity index (χ2n) is 6.85. The Labute approximate surface area is 172 Å². The number of halogens is 1. The normalized spacial score (nSPS) is 18.5. The smallest absolute Gasteiger partial charge is 0.289 e. The van der Waals surface area contributed by atoms with Gasteiger partial charge in [-0.1, -0.05) is 11.6 Å². The number of benzene rings is 1. The molecule has 3 heterocycles. The molecular weight excluding hydrogens is 400 g/mol. The van der Waals surface area contributed by atoms with Crippen LogP contribution in [0.25, 0.3) is 0 Å². The summed E-state index contributed by atoms with van der Waals surface area (Å²) in [5.74, 6) is 1.77. The van der Waals surface area contributed by atoms with Crippen molar-refractivity contribution in [1.82, 2.24) is 9.80 Å². The van der Waals surface area contributed by atoms with Gasteiger partial charge in [-0.25, -0.2) is 0 Å². The van der Waals surface area contributed by atoms with Crippen LogP contribution >= 0.6 is 23.4 Å². The molecule has 2 saturated heterocycles. The minimum absolute atomic E-state index is 0.00101. The first-order valence-electron chi connectivity index (χ1n) is 9.23. The lowest BCUT2D eigenvalue weighted by Crippen LogP contribution is -2.54. The average molecular weight is 421 g/mol. The van der Waals surface area contributed by atoms with Crippen LogP contribution in [0.15, 0.2) is 47.1 Å². The van der Waals surface area contributed by atoms with E-state index < -0.39 is 0 Å². The Kier molecular flexibility index (Phi) is 5.55. The molecule has 8 heteroatoms. The summed E-state index contributed by atoms with van der Waals surface area (Å²) in [6.45, 7) is 1.92. The van der Waals surface area contributed by atoms with Gasteiger partial charge in [0.2, 0.25) is 0 Å². The van der Waals surface area contributed by atoms with Crippen molar-refractivity contribution in [3.05, 3.63) is 53.4 Å². The van der Waals surface area contributed by atoms with Crippen LogP contribution in [0.1, 0.15) is 23.4 Å². The van der Waals surface area contributed by atoms with E-state index in [1.807, 2.05) is 16.7 Å². The summed E-state index contributed by atoms with van der Waals surface area (Å²) in [6, 6.07) is 10.4. The summed E-state index contributed by atoms with van der Waals surface area (Å²) in [6.07, 6.45) is 3.00. The number of hydrogen-bond donors (Lipinski definition) is 0. The van der Waals surface area contributed by atoms with Gasteiger partial charge in [0.15, 0.2) is 12.4 Å². The monoisotopic (exact) mass is 420 g/mol. The number of hydrogen-bond acceptors (Lipinski definition) is 5. The van der Waals surface area contributed by atoms with Crippen LogP contribution in [-0.2, 0) is 4.79 Å². The van der Waals surface area contributed by atoms with E-state index >= 15 is 0 Å². The largest absolute Gasteiger partial charge is 0.484 e. The van der Waals surface area contributed by atoms with Crippen molar-refractivity contribution in [2.24, 2.45) is 0 Å². The zero-order valence-corrected chi connectivity index (χ0v) is 16.9. The molecule has 0 unspecified atom stereocenters. The fraction of sp³-hybridized carbons (Fsp3) is 0.400. The molecule has 4 rings (SSSR count). The van der Waals surface area contributed by atoms with Crippen molar-refractivity contribution in [1.29, 1.82) is 0 Å². The number of furan rings is 1. The Hall–Kier alpha value is -2.12. The average Bonchev–Trinajstić information content (AvgIpc) is 3.38. The Bertz CT molecular complexity index is 832. The van der Waals surface area contributed by atoms with Crippen molar-refractivity contribution in [3.8, 4) is 5.75 Å². The van der Waals surface area contributed by atoms with Gasteiger partial charge in [0, 0.05) is 30.4 Å². The molecule has 2 aliphatic rings. The molecule has 2 fully saturated rings. The lowest BCUT2D eigenvalue weighted by molar-refractivity contribution is -0.136. The first-order valence-corrected chi connectivity index (χ1v) is 10.6. The fourth-order valence-corrected chi connectivity index (χ4v) is 5.34. The van der Waals surface area contributed by atoms with Crippen molar-refractivity contribution >= 4 is 35.2 Å². The van der Waals surface area contributed by atoms with Crippen LogP contribution in [-0.4, -0.2) is 58.5 Å². The summed E-state index contributed by atoms with van der Waals surface area (Å²) in [7, 11) is 0. The number of thioether (sulfide) groups is 1. The third-order valence-corrected chi connectivity index (χ3v) is 7.02. The van der Waals surface area contributed by atoms with Gasteiger partial charge >= 0.3 is 0 Å². The molecule has 148 valence electrons. The van der Waals surface area contributed by atoms with E-state index in [0.717, 1.165) is 18.6 Å². The van der Waals surface area contributed by atoms with E-state index in [-0.39, 0.29) is 23.3 Å². The number of piperidine rings is 1. The second kappa shape index (κ2) is 8.09. The van der Waals surface area contributed by atoms with E-state index in [9.17, 15) is 9.59 Å². The van der Waals surface area contributed by atoms with Crippen molar-refractivity contribution in [2.45, 2.75) is 17.7 Å². The molecule has 1 aromatic heterocycles. The van der Waals surface area contributed by atoms with Gasteiger partial charge in [0.05, 0.1) is 11.1 Å². The van der Waals surface area contributed by atoms with Gasteiger partial charge in [0.1, 0.15) is 5.75 Å². The Morgan fingerprint density at radius 2 is 1.89 bits per heavy atom. The molecule has 0 radical (unpaired) electrons.